The van der Waals surface area contributed by atoms with Crippen molar-refractivity contribution in [3.8, 4) is 11.5 Å². The summed E-state index contributed by atoms with van der Waals surface area (Å²) in [5.74, 6) is 1.14. The van der Waals surface area contributed by atoms with Gasteiger partial charge in [-0.15, -0.1) is 0 Å². The zero-order valence-corrected chi connectivity index (χ0v) is 16.6. The SMILES string of the molecule is CCc1ccc(N=C2NC(=O)/C(=C/c3cc(OC)c(OC)cc3C)S2)cc1. The maximum absolute atomic E-state index is 12.3. The van der Waals surface area contributed by atoms with Crippen molar-refractivity contribution in [2.24, 2.45) is 4.99 Å². The smallest absolute Gasteiger partial charge is 0.264 e. The number of ether oxygens (including phenoxy) is 2. The summed E-state index contributed by atoms with van der Waals surface area (Å²) < 4.78 is 10.7. The number of rotatable bonds is 5. The molecular formula is C21H22N2O3S. The minimum absolute atomic E-state index is 0.155. The zero-order chi connectivity index (χ0) is 19.4. The van der Waals surface area contributed by atoms with E-state index in [4.69, 9.17) is 9.47 Å². The average molecular weight is 382 g/mol. The van der Waals surface area contributed by atoms with Gasteiger partial charge in [-0.2, -0.15) is 0 Å². The number of amides is 1. The zero-order valence-electron chi connectivity index (χ0n) is 15.8. The molecule has 2 aromatic rings. The lowest BCUT2D eigenvalue weighted by Crippen LogP contribution is -2.19. The molecule has 0 spiro atoms. The van der Waals surface area contributed by atoms with Gasteiger partial charge in [0.05, 0.1) is 24.8 Å². The number of aliphatic imine (C=N–C) groups is 1. The van der Waals surface area contributed by atoms with Gasteiger partial charge in [-0.25, -0.2) is 4.99 Å². The van der Waals surface area contributed by atoms with Crippen molar-refractivity contribution in [2.75, 3.05) is 14.2 Å². The van der Waals surface area contributed by atoms with E-state index in [1.54, 1.807) is 14.2 Å². The molecule has 1 N–H and O–H groups in total. The van der Waals surface area contributed by atoms with Gasteiger partial charge < -0.3 is 14.8 Å². The van der Waals surface area contributed by atoms with Crippen LogP contribution >= 0.6 is 11.8 Å². The van der Waals surface area contributed by atoms with Crippen LogP contribution in [0.5, 0.6) is 11.5 Å². The van der Waals surface area contributed by atoms with E-state index in [-0.39, 0.29) is 5.91 Å². The van der Waals surface area contributed by atoms with Gasteiger partial charge >= 0.3 is 0 Å². The van der Waals surface area contributed by atoms with E-state index < -0.39 is 0 Å². The van der Waals surface area contributed by atoms with E-state index in [1.807, 2.05) is 49.4 Å². The summed E-state index contributed by atoms with van der Waals surface area (Å²) in [5.41, 5.74) is 3.97. The number of nitrogens with zero attached hydrogens (tertiary/aromatic N) is 1. The molecule has 0 aliphatic carbocycles. The maximum atomic E-state index is 12.3. The number of aryl methyl sites for hydroxylation is 2. The monoisotopic (exact) mass is 382 g/mol. The van der Waals surface area contributed by atoms with E-state index in [2.05, 4.69) is 17.2 Å². The van der Waals surface area contributed by atoms with Crippen molar-refractivity contribution >= 4 is 34.6 Å². The van der Waals surface area contributed by atoms with Crippen LogP contribution in [0.25, 0.3) is 6.08 Å². The normalized spacial score (nSPS) is 16.7. The van der Waals surface area contributed by atoms with Gasteiger partial charge in [-0.05, 0) is 72.1 Å². The molecule has 6 heteroatoms. The molecule has 0 atom stereocenters. The molecule has 0 saturated carbocycles. The number of thioether (sulfide) groups is 1. The third kappa shape index (κ3) is 4.34. The number of hydrogen-bond acceptors (Lipinski definition) is 5. The summed E-state index contributed by atoms with van der Waals surface area (Å²) in [7, 11) is 3.20. The highest BCUT2D eigenvalue weighted by molar-refractivity contribution is 8.18. The molecule has 1 aliphatic heterocycles. The topological polar surface area (TPSA) is 59.9 Å². The van der Waals surface area contributed by atoms with Crippen LogP contribution in [-0.4, -0.2) is 25.3 Å². The number of hydrogen-bond donors (Lipinski definition) is 1. The van der Waals surface area contributed by atoms with Crippen molar-refractivity contribution in [1.29, 1.82) is 0 Å². The van der Waals surface area contributed by atoms with Gasteiger partial charge in [0, 0.05) is 0 Å². The van der Waals surface area contributed by atoms with Crippen LogP contribution in [0.15, 0.2) is 46.3 Å². The molecule has 2 aromatic carbocycles. The number of carbonyl (C=O) groups is 1. The van der Waals surface area contributed by atoms with Crippen LogP contribution in [0.1, 0.15) is 23.6 Å². The Kier molecular flexibility index (Phi) is 5.86. The molecule has 1 saturated heterocycles. The Labute approximate surface area is 163 Å². The number of methoxy groups -OCH3 is 2. The average Bonchev–Trinajstić information content (AvgIpc) is 3.02. The lowest BCUT2D eigenvalue weighted by molar-refractivity contribution is -0.115. The lowest BCUT2D eigenvalue weighted by Gasteiger charge is -2.10. The van der Waals surface area contributed by atoms with E-state index in [0.717, 1.165) is 23.2 Å². The first-order chi connectivity index (χ1) is 13.0. The molecule has 3 rings (SSSR count). The number of carbonyl (C=O) groups excluding carboxylic acids is 1. The summed E-state index contributed by atoms with van der Waals surface area (Å²) >= 11 is 1.33. The van der Waals surface area contributed by atoms with Gasteiger partial charge in [0.1, 0.15) is 0 Å². The maximum Gasteiger partial charge on any atom is 0.264 e. The molecule has 1 heterocycles. The number of benzene rings is 2. The predicted octanol–water partition coefficient (Wildman–Crippen LogP) is 4.47. The third-order valence-electron chi connectivity index (χ3n) is 4.28. The Balaban J connectivity index is 1.85. The van der Waals surface area contributed by atoms with Crippen LogP contribution in [0, 0.1) is 6.92 Å². The highest BCUT2D eigenvalue weighted by atomic mass is 32.2. The van der Waals surface area contributed by atoms with Crippen LogP contribution in [-0.2, 0) is 11.2 Å². The van der Waals surface area contributed by atoms with Gasteiger partial charge in [0.2, 0.25) is 0 Å². The summed E-state index contributed by atoms with van der Waals surface area (Å²) in [4.78, 5) is 17.4. The Bertz CT molecular complexity index is 918. The molecule has 140 valence electrons. The standard InChI is InChI=1S/C21H22N2O3S/c1-5-14-6-8-16(9-7-14)22-21-23-20(24)19(27-21)12-15-11-18(26-4)17(25-3)10-13(15)2/h6-12H,5H2,1-4H3,(H,22,23,24)/b19-12-. The second kappa shape index (κ2) is 8.31. The summed E-state index contributed by atoms with van der Waals surface area (Å²) in [6, 6.07) is 11.8. The Hall–Kier alpha value is -2.73. The van der Waals surface area contributed by atoms with Gasteiger partial charge in [-0.1, -0.05) is 19.1 Å². The fraction of sp³-hybridized carbons (Fsp3) is 0.238. The van der Waals surface area contributed by atoms with Crippen LogP contribution in [0.3, 0.4) is 0 Å². The molecule has 1 fully saturated rings. The van der Waals surface area contributed by atoms with Crippen LogP contribution in [0.4, 0.5) is 5.69 Å². The van der Waals surface area contributed by atoms with Crippen molar-refractivity contribution in [3.05, 3.63) is 58.0 Å². The van der Waals surface area contributed by atoms with Gasteiger partial charge in [0.15, 0.2) is 16.7 Å². The molecule has 5 nitrogen and oxygen atoms in total. The lowest BCUT2D eigenvalue weighted by atomic mass is 10.1. The Morgan fingerprint density at radius 3 is 2.41 bits per heavy atom. The first-order valence-electron chi connectivity index (χ1n) is 8.65. The Morgan fingerprint density at radius 2 is 1.78 bits per heavy atom. The highest BCUT2D eigenvalue weighted by Gasteiger charge is 2.24. The third-order valence-corrected chi connectivity index (χ3v) is 5.19. The summed E-state index contributed by atoms with van der Waals surface area (Å²) in [6.07, 6.45) is 2.83. The van der Waals surface area contributed by atoms with Crippen LogP contribution < -0.4 is 14.8 Å². The second-order valence-corrected chi connectivity index (χ2v) is 7.10. The van der Waals surface area contributed by atoms with Crippen LogP contribution in [0.2, 0.25) is 0 Å². The van der Waals surface area contributed by atoms with E-state index in [0.29, 0.717) is 21.6 Å². The Morgan fingerprint density at radius 1 is 1.11 bits per heavy atom. The number of nitrogens with one attached hydrogen (secondary N) is 1. The van der Waals surface area contributed by atoms with Crippen molar-refractivity contribution in [2.45, 2.75) is 20.3 Å². The number of amidine groups is 1. The molecule has 27 heavy (non-hydrogen) atoms. The van der Waals surface area contributed by atoms with Gasteiger partial charge in [0.25, 0.3) is 5.91 Å². The molecule has 1 aliphatic rings. The fourth-order valence-corrected chi connectivity index (χ4v) is 3.53. The van der Waals surface area contributed by atoms with Crippen molar-refractivity contribution < 1.29 is 14.3 Å². The molecule has 0 unspecified atom stereocenters. The quantitative estimate of drug-likeness (QED) is 0.776. The van der Waals surface area contributed by atoms with Crippen molar-refractivity contribution in [3.63, 3.8) is 0 Å². The van der Waals surface area contributed by atoms with Gasteiger partial charge in [-0.3, -0.25) is 4.79 Å². The minimum Gasteiger partial charge on any atom is -0.493 e. The predicted molar refractivity (Wildman–Crippen MR) is 111 cm³/mol. The first-order valence-corrected chi connectivity index (χ1v) is 9.46. The molecule has 1 amide bonds. The van der Waals surface area contributed by atoms with Crippen molar-refractivity contribution in [1.82, 2.24) is 5.32 Å². The minimum atomic E-state index is -0.155. The van der Waals surface area contributed by atoms with E-state index >= 15 is 0 Å². The summed E-state index contributed by atoms with van der Waals surface area (Å²) in [6.45, 7) is 4.08. The fourth-order valence-electron chi connectivity index (χ4n) is 2.70. The molecular weight excluding hydrogens is 360 g/mol. The highest BCUT2D eigenvalue weighted by Crippen LogP contribution is 2.34. The molecule has 0 aromatic heterocycles. The second-order valence-electron chi connectivity index (χ2n) is 6.07. The summed E-state index contributed by atoms with van der Waals surface area (Å²) in [5, 5.41) is 3.40. The molecule has 0 bridgehead atoms. The van der Waals surface area contributed by atoms with E-state index in [9.17, 15) is 4.79 Å². The first kappa shape index (κ1) is 19.0. The largest absolute Gasteiger partial charge is 0.493 e. The van der Waals surface area contributed by atoms with E-state index in [1.165, 1.54) is 17.3 Å². The molecule has 0 radical (unpaired) electrons.